The van der Waals surface area contributed by atoms with Crippen LogP contribution in [0.4, 0.5) is 0 Å². The number of esters is 4. The molecule has 0 aromatic rings. The predicted molar refractivity (Wildman–Crippen MR) is 453 cm³/mol. The summed E-state index contributed by atoms with van der Waals surface area (Å²) in [5, 5.41) is 102. The van der Waals surface area contributed by atoms with Crippen molar-refractivity contribution in [2.45, 2.75) is 517 Å². The normalized spacial score (nSPS) is 25.0. The molecule has 18 unspecified atom stereocenters. The summed E-state index contributed by atoms with van der Waals surface area (Å²) in [6.45, 7) is 5.61. The second-order valence-corrected chi connectivity index (χ2v) is 35.3. The molecule has 117 heavy (non-hydrogen) atoms. The van der Waals surface area contributed by atoms with Gasteiger partial charge in [0.25, 0.3) is 0 Å². The van der Waals surface area contributed by atoms with E-state index in [9.17, 15) is 74.6 Å². The fraction of sp³-hybridized carbons (Fsp3) is 0.934. The number of carbonyl (C=O) groups is 4. The SMILES string of the molecule is CCCCCC/C=C\CCCCCCCCCC(=O)OCC1OC(OC2C(OC(=O)CCCCCCCCCCCCCCCCC)C(O)C(O)C(OC3OC(CO)C(O)C(O)C3O)C2OP(=O)(O)OCC(COC(=O)CCCCCCCCCCCCCCCCC)OC(=O)CCCCCCCCCCCCCCC)C(O)C(O)C1O. The maximum absolute atomic E-state index is 14.9. The third kappa shape index (κ3) is 50.7. The molecule has 3 fully saturated rings. The molecule has 26 heteroatoms. The van der Waals surface area contributed by atoms with Crippen LogP contribution in [0.3, 0.4) is 0 Å². The largest absolute Gasteiger partial charge is 0.472 e. The number of ether oxygens (including phenoxy) is 8. The van der Waals surface area contributed by atoms with Gasteiger partial charge in [-0.15, -0.1) is 0 Å². The summed E-state index contributed by atoms with van der Waals surface area (Å²) < 4.78 is 73.4. The van der Waals surface area contributed by atoms with Crippen LogP contribution in [-0.2, 0) is 70.7 Å². The highest BCUT2D eigenvalue weighted by Crippen LogP contribution is 2.49. The summed E-state index contributed by atoms with van der Waals surface area (Å²) in [4.78, 5) is 66.5. The fourth-order valence-corrected chi connectivity index (χ4v) is 16.7. The van der Waals surface area contributed by atoms with Crippen molar-refractivity contribution in [1.82, 2.24) is 0 Å². The second kappa shape index (κ2) is 70.5. The summed E-state index contributed by atoms with van der Waals surface area (Å²) in [6, 6.07) is 0. The van der Waals surface area contributed by atoms with E-state index in [-0.39, 0.29) is 25.7 Å². The first-order valence-electron chi connectivity index (χ1n) is 47.4. The maximum atomic E-state index is 14.9. The van der Waals surface area contributed by atoms with Gasteiger partial charge in [-0.2, -0.15) is 0 Å². The first-order valence-corrected chi connectivity index (χ1v) is 48.9. The summed E-state index contributed by atoms with van der Waals surface area (Å²) in [7, 11) is -5.80. The van der Waals surface area contributed by atoms with Crippen molar-refractivity contribution >= 4 is 31.7 Å². The van der Waals surface area contributed by atoms with E-state index >= 15 is 0 Å². The van der Waals surface area contributed by atoms with Crippen LogP contribution in [0.2, 0.25) is 0 Å². The van der Waals surface area contributed by atoms with Gasteiger partial charge in [0.2, 0.25) is 0 Å². The molecule has 10 N–H and O–H groups in total. The van der Waals surface area contributed by atoms with Gasteiger partial charge >= 0.3 is 31.7 Å². The lowest BCUT2D eigenvalue weighted by molar-refractivity contribution is -0.360. The zero-order chi connectivity index (χ0) is 85.4. The van der Waals surface area contributed by atoms with Crippen molar-refractivity contribution in [2.24, 2.45) is 0 Å². The number of phosphoric acid groups is 1. The molecular formula is C91H169O25P. The van der Waals surface area contributed by atoms with Gasteiger partial charge in [0.1, 0.15) is 92.6 Å². The Morgan fingerprint density at radius 2 is 0.641 bits per heavy atom. The van der Waals surface area contributed by atoms with E-state index < -0.39 is 162 Å². The number of hydrogen-bond donors (Lipinski definition) is 10. The standard InChI is InChI=1S/C91H169O25P/c1-5-9-13-17-21-25-29-33-36-40-43-47-51-55-59-63-74(93)107-68-71(110-76(95)65-61-57-53-49-45-39-32-28-24-20-16-12-8-4)69-109-117(105,106)116-89-87(114-90-84(103)80(99)78(97)72(67-92)111-90)83(102)82(101)86(113-77(96)66-62-58-54-50-46-42-38-35-31-27-23-19-15-11-7-3)88(89)115-91-85(104)81(100)79(98)73(112-91)70-108-75(94)64-60-56-52-48-44-41-37-34-30-26-22-18-14-10-6-2/h26,30,71-73,78-92,97-104H,5-25,27-29,31-70H2,1-4H3,(H,105,106)/b30-26-. The number of hydrogen-bond acceptors (Lipinski definition) is 24. The van der Waals surface area contributed by atoms with Crippen LogP contribution in [0, 0.1) is 0 Å². The topological polar surface area (TPSA) is 380 Å². The van der Waals surface area contributed by atoms with Crippen LogP contribution in [0.25, 0.3) is 0 Å². The Labute approximate surface area is 705 Å². The van der Waals surface area contributed by atoms with Gasteiger partial charge in [-0.25, -0.2) is 4.57 Å². The Hall–Kier alpha value is -2.79. The smallest absolute Gasteiger partial charge is 0.463 e. The highest BCUT2D eigenvalue weighted by molar-refractivity contribution is 7.47. The quantitative estimate of drug-likeness (QED) is 0.00889. The third-order valence-corrected chi connectivity index (χ3v) is 24.3. The monoisotopic (exact) mass is 1690 g/mol. The Balaban J connectivity index is 1.91. The molecule has 0 spiro atoms. The number of allylic oxidation sites excluding steroid dienone is 2. The molecule has 3 rings (SSSR count). The first-order chi connectivity index (χ1) is 56.7. The van der Waals surface area contributed by atoms with Crippen LogP contribution >= 0.6 is 7.82 Å². The highest BCUT2D eigenvalue weighted by atomic mass is 31.2. The zero-order valence-electron chi connectivity index (χ0n) is 73.3. The van der Waals surface area contributed by atoms with Crippen molar-refractivity contribution in [1.29, 1.82) is 0 Å². The van der Waals surface area contributed by atoms with Gasteiger partial charge < -0.3 is 88.7 Å². The number of carbonyl (C=O) groups excluding carboxylic acids is 4. The van der Waals surface area contributed by atoms with Crippen LogP contribution < -0.4 is 0 Å². The number of aliphatic hydroxyl groups excluding tert-OH is 9. The molecule has 0 bridgehead atoms. The first kappa shape index (κ1) is 108. The van der Waals surface area contributed by atoms with E-state index in [0.717, 1.165) is 148 Å². The molecule has 1 aliphatic carbocycles. The van der Waals surface area contributed by atoms with Crippen LogP contribution in [-0.4, -0.2) is 205 Å². The minimum atomic E-state index is -5.80. The van der Waals surface area contributed by atoms with Crippen molar-refractivity contribution in [3.05, 3.63) is 12.2 Å². The van der Waals surface area contributed by atoms with Gasteiger partial charge in [0, 0.05) is 25.7 Å². The molecule has 2 aliphatic heterocycles. The van der Waals surface area contributed by atoms with Crippen molar-refractivity contribution in [2.75, 3.05) is 26.4 Å². The Morgan fingerprint density at radius 3 is 1.03 bits per heavy atom. The summed E-state index contributed by atoms with van der Waals surface area (Å²) in [6.07, 6.45) is 29.1. The van der Waals surface area contributed by atoms with Gasteiger partial charge in [-0.05, 0) is 51.4 Å². The molecule has 2 heterocycles. The number of rotatable bonds is 77. The minimum Gasteiger partial charge on any atom is -0.463 e. The third-order valence-electron chi connectivity index (χ3n) is 23.3. The lowest BCUT2D eigenvalue weighted by atomic mass is 9.84. The molecule has 0 aromatic carbocycles. The lowest BCUT2D eigenvalue weighted by Crippen LogP contribution is -2.70. The lowest BCUT2D eigenvalue weighted by Gasteiger charge is -2.50. The van der Waals surface area contributed by atoms with E-state index in [1.807, 2.05) is 0 Å². The molecule has 25 nitrogen and oxygen atoms in total. The predicted octanol–water partition coefficient (Wildman–Crippen LogP) is 17.6. The van der Waals surface area contributed by atoms with E-state index in [1.54, 1.807) is 0 Å². The average Bonchev–Trinajstić information content (AvgIpc) is 0.755. The molecule has 2 saturated heterocycles. The second-order valence-electron chi connectivity index (χ2n) is 33.9. The Bertz CT molecular complexity index is 2480. The molecule has 18 atom stereocenters. The van der Waals surface area contributed by atoms with E-state index in [4.69, 9.17) is 46.9 Å². The van der Waals surface area contributed by atoms with Crippen molar-refractivity contribution < 1.29 is 122 Å². The van der Waals surface area contributed by atoms with E-state index in [2.05, 4.69) is 39.8 Å². The minimum absolute atomic E-state index is 0.0112. The van der Waals surface area contributed by atoms with E-state index in [0.29, 0.717) is 32.1 Å². The molecule has 1 saturated carbocycles. The summed E-state index contributed by atoms with van der Waals surface area (Å²) >= 11 is 0. The van der Waals surface area contributed by atoms with Gasteiger partial charge in [-0.1, -0.05) is 348 Å². The number of unbranched alkanes of at least 4 members (excludes halogenated alkanes) is 51. The van der Waals surface area contributed by atoms with Gasteiger partial charge in [0.05, 0.1) is 13.2 Å². The fourth-order valence-electron chi connectivity index (χ4n) is 15.7. The summed E-state index contributed by atoms with van der Waals surface area (Å²) in [5.74, 6) is -2.95. The average molecular weight is 1690 g/mol. The number of aliphatic hydroxyl groups is 9. The molecule has 0 radical (unpaired) electrons. The molecule has 3 aliphatic rings. The molecular weight excluding hydrogens is 1520 g/mol. The Kier molecular flexibility index (Phi) is 65.3. The van der Waals surface area contributed by atoms with Crippen LogP contribution in [0.1, 0.15) is 413 Å². The number of phosphoric ester groups is 1. The van der Waals surface area contributed by atoms with Gasteiger partial charge in [0.15, 0.2) is 24.8 Å². The highest BCUT2D eigenvalue weighted by Gasteiger charge is 2.60. The molecule has 0 aromatic heterocycles. The maximum Gasteiger partial charge on any atom is 0.472 e. The van der Waals surface area contributed by atoms with Crippen LogP contribution in [0.15, 0.2) is 12.2 Å². The molecule has 0 amide bonds. The van der Waals surface area contributed by atoms with Crippen molar-refractivity contribution in [3.8, 4) is 0 Å². The van der Waals surface area contributed by atoms with Crippen LogP contribution in [0.5, 0.6) is 0 Å². The van der Waals surface area contributed by atoms with Crippen molar-refractivity contribution in [3.63, 3.8) is 0 Å². The zero-order valence-corrected chi connectivity index (χ0v) is 74.2. The van der Waals surface area contributed by atoms with E-state index in [1.165, 1.54) is 180 Å². The summed E-state index contributed by atoms with van der Waals surface area (Å²) in [5.41, 5.74) is 0. The van der Waals surface area contributed by atoms with Gasteiger partial charge in [-0.3, -0.25) is 28.2 Å². The Morgan fingerprint density at radius 1 is 0.333 bits per heavy atom. The molecule has 688 valence electrons.